The molecular weight excluding hydrogens is 812 g/mol. The molecule has 3 aliphatic rings. The molecule has 1 aliphatic carbocycles. The van der Waals surface area contributed by atoms with Crippen LogP contribution in [0.5, 0.6) is 0 Å². The predicted molar refractivity (Wildman–Crippen MR) is 282 cm³/mol. The maximum atomic E-state index is 6.79. The smallest absolute Gasteiger partial charge is 0.247 e. The standard InChI is InChI=1S/C63H51BN2O/c1-61(2,3)40-29-32-44(33-30-40)66-55-39-45(65(42-19-9-7-10-20-42)43-21-11-8-12-22-43)38-52-59(55)64(53-35-36-57-58(60(53)66)48-25-15-18-28-56(48)67-57)54-37-41(62(4,5)6)31-34-51(54)63(52)49-26-16-13-23-46(49)47-24-14-17-27-50(47)63/h7-39H,1-6H3. The van der Waals surface area contributed by atoms with E-state index in [9.17, 15) is 0 Å². The molecule has 13 rings (SSSR count). The van der Waals surface area contributed by atoms with Crippen LogP contribution in [0.25, 0.3) is 33.1 Å². The highest BCUT2D eigenvalue weighted by Gasteiger charge is 2.55. The Hall–Kier alpha value is -7.56. The fraction of sp³-hybridized carbons (Fsp3) is 0.143. The van der Waals surface area contributed by atoms with E-state index in [-0.39, 0.29) is 17.5 Å². The molecule has 9 aromatic carbocycles. The predicted octanol–water partition coefficient (Wildman–Crippen LogP) is 14.6. The van der Waals surface area contributed by atoms with Gasteiger partial charge in [-0.1, -0.05) is 187 Å². The van der Waals surface area contributed by atoms with Gasteiger partial charge in [0, 0.05) is 33.8 Å². The summed E-state index contributed by atoms with van der Waals surface area (Å²) in [6, 6.07) is 75.3. The SMILES string of the molecule is CC(C)(C)c1ccc(N2c3cc(N(c4ccccc4)c4ccccc4)cc4c3B(c3cc(C(C)(C)C)ccc3C43c4ccccc4-c4ccccc43)c3ccc4oc5ccccc5c4c32)cc1. The Balaban J connectivity index is 1.25. The van der Waals surface area contributed by atoms with E-state index in [0.717, 1.165) is 44.7 Å². The fourth-order valence-corrected chi connectivity index (χ4v) is 12.0. The molecular formula is C63H51BN2O. The van der Waals surface area contributed by atoms with E-state index in [0.29, 0.717) is 0 Å². The van der Waals surface area contributed by atoms with Gasteiger partial charge in [-0.2, -0.15) is 0 Å². The Labute approximate surface area is 394 Å². The van der Waals surface area contributed by atoms with Crippen molar-refractivity contribution in [3.8, 4) is 11.1 Å². The molecule has 4 heteroatoms. The lowest BCUT2D eigenvalue weighted by Gasteiger charge is -2.48. The summed E-state index contributed by atoms with van der Waals surface area (Å²) in [5, 5.41) is 2.26. The van der Waals surface area contributed by atoms with Gasteiger partial charge in [0.05, 0.1) is 16.5 Å². The fourth-order valence-electron chi connectivity index (χ4n) is 12.0. The van der Waals surface area contributed by atoms with E-state index in [1.807, 2.05) is 0 Å². The van der Waals surface area contributed by atoms with Gasteiger partial charge in [-0.25, -0.2) is 0 Å². The summed E-state index contributed by atoms with van der Waals surface area (Å²) in [6.45, 7) is 13.9. The van der Waals surface area contributed by atoms with Crippen molar-refractivity contribution in [1.29, 1.82) is 0 Å². The van der Waals surface area contributed by atoms with E-state index in [1.165, 1.54) is 72.3 Å². The number of anilines is 6. The largest absolute Gasteiger partial charge is 0.456 e. The molecule has 2 aliphatic heterocycles. The molecule has 0 amide bonds. The third kappa shape index (κ3) is 5.66. The molecule has 0 saturated heterocycles. The topological polar surface area (TPSA) is 19.6 Å². The number of fused-ring (bicyclic) bond motifs is 15. The monoisotopic (exact) mass is 862 g/mol. The minimum absolute atomic E-state index is 0.00742. The number of para-hydroxylation sites is 3. The van der Waals surface area contributed by atoms with E-state index in [2.05, 4.69) is 252 Å². The summed E-state index contributed by atoms with van der Waals surface area (Å²) in [6.07, 6.45) is 0. The first kappa shape index (κ1) is 39.8. The molecule has 0 saturated carbocycles. The highest BCUT2D eigenvalue weighted by Crippen LogP contribution is 2.59. The van der Waals surface area contributed by atoms with Crippen LogP contribution in [0.3, 0.4) is 0 Å². The van der Waals surface area contributed by atoms with Crippen molar-refractivity contribution in [3.63, 3.8) is 0 Å². The van der Waals surface area contributed by atoms with Crippen LogP contribution < -0.4 is 26.2 Å². The summed E-state index contributed by atoms with van der Waals surface area (Å²) >= 11 is 0. The summed E-state index contributed by atoms with van der Waals surface area (Å²) < 4.78 is 6.79. The molecule has 0 fully saturated rings. The van der Waals surface area contributed by atoms with Gasteiger partial charge in [0.15, 0.2) is 0 Å². The van der Waals surface area contributed by atoms with E-state index in [1.54, 1.807) is 0 Å². The molecule has 67 heavy (non-hydrogen) atoms. The molecule has 1 spiro atoms. The molecule has 0 atom stereocenters. The highest BCUT2D eigenvalue weighted by molar-refractivity contribution is 6.99. The number of benzene rings is 9. The number of furan rings is 1. The third-order valence-corrected chi connectivity index (χ3v) is 15.0. The Morgan fingerprint density at radius 3 is 1.69 bits per heavy atom. The molecule has 0 radical (unpaired) electrons. The highest BCUT2D eigenvalue weighted by atomic mass is 16.3. The van der Waals surface area contributed by atoms with E-state index >= 15 is 0 Å². The van der Waals surface area contributed by atoms with Crippen molar-refractivity contribution >= 4 is 79.2 Å². The second-order valence-electron chi connectivity index (χ2n) is 20.9. The molecule has 3 nitrogen and oxygen atoms in total. The van der Waals surface area contributed by atoms with Crippen molar-refractivity contribution < 1.29 is 4.42 Å². The third-order valence-electron chi connectivity index (χ3n) is 15.0. The van der Waals surface area contributed by atoms with Crippen LogP contribution in [0.2, 0.25) is 0 Å². The number of nitrogens with zero attached hydrogens (tertiary/aromatic N) is 2. The maximum Gasteiger partial charge on any atom is 0.247 e. The van der Waals surface area contributed by atoms with Gasteiger partial charge < -0.3 is 14.2 Å². The summed E-state index contributed by atoms with van der Waals surface area (Å²) in [7, 11) is 0. The average molecular weight is 863 g/mol. The Morgan fingerprint density at radius 1 is 0.463 bits per heavy atom. The second kappa shape index (κ2) is 14.2. The lowest BCUT2D eigenvalue weighted by Crippen LogP contribution is -2.65. The summed E-state index contributed by atoms with van der Waals surface area (Å²) in [5.74, 6) is 0. The van der Waals surface area contributed by atoms with Crippen LogP contribution in [0.15, 0.2) is 205 Å². The second-order valence-corrected chi connectivity index (χ2v) is 20.9. The van der Waals surface area contributed by atoms with Crippen molar-refractivity contribution in [1.82, 2.24) is 0 Å². The van der Waals surface area contributed by atoms with Crippen LogP contribution in [-0.4, -0.2) is 6.71 Å². The maximum absolute atomic E-state index is 6.79. The Bertz CT molecular complexity index is 3530. The normalized spacial score (nSPS) is 14.2. The van der Waals surface area contributed by atoms with Crippen LogP contribution in [0, 0.1) is 0 Å². The zero-order valence-electron chi connectivity index (χ0n) is 38.9. The summed E-state index contributed by atoms with van der Waals surface area (Å²) in [4.78, 5) is 5.05. The zero-order chi connectivity index (χ0) is 45.4. The van der Waals surface area contributed by atoms with Gasteiger partial charge >= 0.3 is 0 Å². The Morgan fingerprint density at radius 2 is 1.04 bits per heavy atom. The average Bonchev–Trinajstić information content (AvgIpc) is 3.87. The van der Waals surface area contributed by atoms with Crippen LogP contribution in [-0.2, 0) is 16.2 Å². The molecule has 0 unspecified atom stereocenters. The van der Waals surface area contributed by atoms with E-state index < -0.39 is 5.41 Å². The summed E-state index contributed by atoms with van der Waals surface area (Å²) in [5.41, 5.74) is 22.4. The molecule has 1 aromatic heterocycles. The van der Waals surface area contributed by atoms with Crippen molar-refractivity contribution in [3.05, 3.63) is 234 Å². The van der Waals surface area contributed by atoms with Gasteiger partial charge in [-0.15, -0.1) is 0 Å². The van der Waals surface area contributed by atoms with Gasteiger partial charge in [0.1, 0.15) is 11.2 Å². The first-order chi connectivity index (χ1) is 32.5. The number of hydrogen-bond acceptors (Lipinski definition) is 3. The van der Waals surface area contributed by atoms with Gasteiger partial charge in [0.25, 0.3) is 0 Å². The lowest BCUT2D eigenvalue weighted by molar-refractivity contribution is 0.590. The molecule has 3 heterocycles. The Kier molecular flexibility index (Phi) is 8.45. The minimum atomic E-state index is -0.625. The quantitative estimate of drug-likeness (QED) is 0.164. The van der Waals surface area contributed by atoms with Gasteiger partial charge in [-0.3, -0.25) is 0 Å². The molecule has 0 bridgehead atoms. The van der Waals surface area contributed by atoms with Crippen LogP contribution >= 0.6 is 0 Å². The lowest BCUT2D eigenvalue weighted by atomic mass is 9.29. The van der Waals surface area contributed by atoms with E-state index in [4.69, 9.17) is 4.42 Å². The molecule has 10 aromatic rings. The molecule has 0 N–H and O–H groups in total. The molecule has 322 valence electrons. The van der Waals surface area contributed by atoms with Crippen LogP contribution in [0.1, 0.15) is 74.9 Å². The van der Waals surface area contributed by atoms with Crippen LogP contribution in [0.4, 0.5) is 34.1 Å². The van der Waals surface area contributed by atoms with Gasteiger partial charge in [-0.05, 0) is 127 Å². The minimum Gasteiger partial charge on any atom is -0.456 e. The first-order valence-electron chi connectivity index (χ1n) is 23.8. The first-order valence-corrected chi connectivity index (χ1v) is 23.8. The van der Waals surface area contributed by atoms with Crippen molar-refractivity contribution in [2.75, 3.05) is 9.80 Å². The van der Waals surface area contributed by atoms with Crippen molar-refractivity contribution in [2.24, 2.45) is 0 Å². The number of hydrogen-bond donors (Lipinski definition) is 0. The number of rotatable bonds is 4. The van der Waals surface area contributed by atoms with Crippen molar-refractivity contribution in [2.45, 2.75) is 57.8 Å². The van der Waals surface area contributed by atoms with Gasteiger partial charge in [0.2, 0.25) is 6.71 Å². The zero-order valence-corrected chi connectivity index (χ0v) is 38.9.